The molecule has 0 bridgehead atoms. The van der Waals surface area contributed by atoms with Crippen molar-refractivity contribution in [3.63, 3.8) is 0 Å². The number of carbonyl (C=O) groups is 1. The third-order valence-electron chi connectivity index (χ3n) is 5.68. The number of aromatic nitrogens is 3. The van der Waals surface area contributed by atoms with Crippen LogP contribution in [-0.4, -0.2) is 41.3 Å². The van der Waals surface area contributed by atoms with Gasteiger partial charge in [0.2, 0.25) is 4.96 Å². The zero-order valence-electron chi connectivity index (χ0n) is 18.5. The molecule has 4 aromatic rings. The lowest BCUT2D eigenvalue weighted by Crippen LogP contribution is -2.33. The van der Waals surface area contributed by atoms with Gasteiger partial charge < -0.3 is 14.4 Å². The first-order valence-corrected chi connectivity index (χ1v) is 11.5. The van der Waals surface area contributed by atoms with Gasteiger partial charge in [-0.15, -0.1) is 5.10 Å². The minimum absolute atomic E-state index is 0.147. The lowest BCUT2D eigenvalue weighted by molar-refractivity contribution is -0.113. The molecule has 0 aliphatic carbocycles. The van der Waals surface area contributed by atoms with Gasteiger partial charge in [-0.3, -0.25) is 9.59 Å². The van der Waals surface area contributed by atoms with Gasteiger partial charge in [0, 0.05) is 17.7 Å². The first kappa shape index (κ1) is 21.1. The van der Waals surface area contributed by atoms with Crippen LogP contribution in [0.25, 0.3) is 21.9 Å². The molecule has 0 spiro atoms. The van der Waals surface area contributed by atoms with Crippen molar-refractivity contribution < 1.29 is 14.3 Å². The fourth-order valence-corrected chi connectivity index (χ4v) is 5.02. The van der Waals surface area contributed by atoms with E-state index in [1.807, 2.05) is 30.3 Å². The SMILES string of the molecule is CCCCN1C(=O)C(=c2sc3nc(-c4ccc(OC)c(OC)c4)nn3c2=O)c2ccccc21. The van der Waals surface area contributed by atoms with Crippen LogP contribution in [-0.2, 0) is 4.79 Å². The Morgan fingerprint density at radius 1 is 1.03 bits per heavy atom. The Morgan fingerprint density at radius 3 is 2.55 bits per heavy atom. The third-order valence-corrected chi connectivity index (χ3v) is 6.71. The number of anilines is 1. The normalized spacial score (nSPS) is 14.8. The number of para-hydroxylation sites is 1. The standard InChI is InChI=1S/C24H22N4O4S/c1-4-5-12-27-16-9-7-6-8-15(16)19(22(27)29)20-23(30)28-24(33-20)25-21(26-28)14-10-11-17(31-2)18(13-14)32-3/h6-11,13H,4-5,12H2,1-3H3. The highest BCUT2D eigenvalue weighted by Gasteiger charge is 2.33. The van der Waals surface area contributed by atoms with E-state index in [1.165, 1.54) is 15.9 Å². The van der Waals surface area contributed by atoms with Crippen molar-refractivity contribution in [1.82, 2.24) is 14.6 Å². The maximum atomic E-state index is 13.3. The van der Waals surface area contributed by atoms with Gasteiger partial charge in [0.15, 0.2) is 17.3 Å². The maximum Gasteiger partial charge on any atom is 0.291 e. The summed E-state index contributed by atoms with van der Waals surface area (Å²) in [6, 6.07) is 12.9. The number of hydrogen-bond donors (Lipinski definition) is 0. The van der Waals surface area contributed by atoms with Gasteiger partial charge in [-0.2, -0.15) is 9.50 Å². The zero-order chi connectivity index (χ0) is 23.1. The molecule has 3 heterocycles. The predicted molar refractivity (Wildman–Crippen MR) is 127 cm³/mol. The van der Waals surface area contributed by atoms with Crippen molar-refractivity contribution in [3.05, 3.63) is 62.9 Å². The average molecular weight is 463 g/mol. The molecular formula is C24H22N4O4S. The van der Waals surface area contributed by atoms with Gasteiger partial charge in [0.05, 0.1) is 25.5 Å². The fraction of sp³-hybridized carbons (Fsp3) is 0.250. The van der Waals surface area contributed by atoms with Crippen LogP contribution >= 0.6 is 11.3 Å². The molecule has 2 aromatic heterocycles. The van der Waals surface area contributed by atoms with Gasteiger partial charge in [-0.05, 0) is 30.7 Å². The Bertz CT molecular complexity index is 1490. The number of unbranched alkanes of at least 4 members (excludes halogenated alkanes) is 1. The van der Waals surface area contributed by atoms with Gasteiger partial charge in [0.1, 0.15) is 4.53 Å². The van der Waals surface area contributed by atoms with E-state index >= 15 is 0 Å². The summed E-state index contributed by atoms with van der Waals surface area (Å²) in [4.78, 5) is 33.4. The molecule has 8 nitrogen and oxygen atoms in total. The average Bonchev–Trinajstić information content (AvgIpc) is 3.47. The van der Waals surface area contributed by atoms with Gasteiger partial charge in [-0.25, -0.2) is 0 Å². The number of benzene rings is 2. The number of nitrogens with zero attached hydrogens (tertiary/aromatic N) is 4. The molecule has 0 saturated heterocycles. The molecule has 0 unspecified atom stereocenters. The molecule has 1 aliphatic rings. The monoisotopic (exact) mass is 462 g/mol. The summed E-state index contributed by atoms with van der Waals surface area (Å²) in [6.45, 7) is 2.71. The number of amides is 1. The van der Waals surface area contributed by atoms with Crippen LogP contribution in [0.1, 0.15) is 25.3 Å². The Kier molecular flexibility index (Phi) is 5.33. The number of rotatable bonds is 6. The van der Waals surface area contributed by atoms with Gasteiger partial charge in [-0.1, -0.05) is 42.9 Å². The van der Waals surface area contributed by atoms with E-state index in [0.29, 0.717) is 44.5 Å². The quantitative estimate of drug-likeness (QED) is 0.438. The predicted octanol–water partition coefficient (Wildman–Crippen LogP) is 2.90. The highest BCUT2D eigenvalue weighted by molar-refractivity contribution is 7.15. The van der Waals surface area contributed by atoms with Crippen molar-refractivity contribution >= 4 is 33.5 Å². The van der Waals surface area contributed by atoms with Crippen LogP contribution in [0.2, 0.25) is 0 Å². The molecule has 0 fully saturated rings. The second-order valence-corrected chi connectivity index (χ2v) is 8.62. The molecule has 5 rings (SSSR count). The first-order valence-electron chi connectivity index (χ1n) is 10.6. The molecule has 1 aliphatic heterocycles. The molecule has 168 valence electrons. The van der Waals surface area contributed by atoms with Crippen LogP contribution in [0.15, 0.2) is 47.3 Å². The summed E-state index contributed by atoms with van der Waals surface area (Å²) in [5, 5.41) is 4.42. The Balaban J connectivity index is 1.64. The second kappa shape index (κ2) is 8.32. The summed E-state index contributed by atoms with van der Waals surface area (Å²) in [7, 11) is 3.12. The first-order chi connectivity index (χ1) is 16.1. The smallest absolute Gasteiger partial charge is 0.291 e. The number of methoxy groups -OCH3 is 2. The molecule has 33 heavy (non-hydrogen) atoms. The van der Waals surface area contributed by atoms with Crippen LogP contribution in [0.4, 0.5) is 5.69 Å². The highest BCUT2D eigenvalue weighted by Crippen LogP contribution is 2.35. The number of carbonyl (C=O) groups excluding carboxylic acids is 1. The number of ether oxygens (including phenoxy) is 2. The summed E-state index contributed by atoms with van der Waals surface area (Å²) >= 11 is 1.18. The largest absolute Gasteiger partial charge is 0.493 e. The zero-order valence-corrected chi connectivity index (χ0v) is 19.3. The molecule has 0 atom stereocenters. The van der Waals surface area contributed by atoms with Crippen molar-refractivity contribution in [3.8, 4) is 22.9 Å². The van der Waals surface area contributed by atoms with Crippen LogP contribution < -0.4 is 24.5 Å². The van der Waals surface area contributed by atoms with E-state index in [9.17, 15) is 9.59 Å². The molecule has 0 radical (unpaired) electrons. The Morgan fingerprint density at radius 2 is 1.82 bits per heavy atom. The topological polar surface area (TPSA) is 86.0 Å². The van der Waals surface area contributed by atoms with Crippen LogP contribution in [0.5, 0.6) is 11.5 Å². The highest BCUT2D eigenvalue weighted by atomic mass is 32.1. The number of fused-ring (bicyclic) bond motifs is 2. The summed E-state index contributed by atoms with van der Waals surface area (Å²) in [5.41, 5.74) is 2.40. The lowest BCUT2D eigenvalue weighted by atomic mass is 10.1. The number of hydrogen-bond acceptors (Lipinski definition) is 7. The second-order valence-electron chi connectivity index (χ2n) is 7.64. The summed E-state index contributed by atoms with van der Waals surface area (Å²) < 4.78 is 12.3. The molecule has 2 aromatic carbocycles. The molecule has 1 amide bonds. The third kappa shape index (κ3) is 3.36. The van der Waals surface area contributed by atoms with E-state index in [4.69, 9.17) is 9.47 Å². The fourth-order valence-electron chi connectivity index (χ4n) is 4.02. The van der Waals surface area contributed by atoms with Crippen LogP contribution in [0, 0.1) is 0 Å². The van der Waals surface area contributed by atoms with Crippen molar-refractivity contribution in [2.24, 2.45) is 0 Å². The van der Waals surface area contributed by atoms with Crippen LogP contribution in [0.3, 0.4) is 0 Å². The molecule has 0 N–H and O–H groups in total. The van der Waals surface area contributed by atoms with Crippen molar-refractivity contribution in [2.45, 2.75) is 19.8 Å². The van der Waals surface area contributed by atoms with Crippen molar-refractivity contribution in [2.75, 3.05) is 25.7 Å². The number of thiazole rings is 1. The van der Waals surface area contributed by atoms with E-state index < -0.39 is 0 Å². The summed E-state index contributed by atoms with van der Waals surface area (Å²) in [5.74, 6) is 1.40. The van der Waals surface area contributed by atoms with E-state index in [2.05, 4.69) is 17.0 Å². The van der Waals surface area contributed by atoms with Crippen molar-refractivity contribution in [1.29, 1.82) is 0 Å². The van der Waals surface area contributed by atoms with E-state index in [-0.39, 0.29) is 11.5 Å². The van der Waals surface area contributed by atoms with Gasteiger partial charge >= 0.3 is 0 Å². The molecular weight excluding hydrogens is 440 g/mol. The lowest BCUT2D eigenvalue weighted by Gasteiger charge is -2.16. The summed E-state index contributed by atoms with van der Waals surface area (Å²) in [6.07, 6.45) is 1.87. The van der Waals surface area contributed by atoms with E-state index in [0.717, 1.165) is 24.1 Å². The van der Waals surface area contributed by atoms with Gasteiger partial charge in [0.25, 0.3) is 11.5 Å². The van der Waals surface area contributed by atoms with E-state index in [1.54, 1.807) is 31.3 Å². The minimum Gasteiger partial charge on any atom is -0.493 e. The Labute approximate surface area is 193 Å². The maximum absolute atomic E-state index is 13.3. The minimum atomic E-state index is -0.343. The molecule has 0 saturated carbocycles. The molecule has 9 heteroatoms. The Hall–Kier alpha value is -3.72.